The number of nitrogens with one attached hydrogen (secondary N) is 1. The first-order valence-electron chi connectivity index (χ1n) is 10.3. The molecule has 1 amide bonds. The zero-order valence-corrected chi connectivity index (χ0v) is 18.3. The Bertz CT molecular complexity index is 474. The van der Waals surface area contributed by atoms with Gasteiger partial charge in [-0.25, -0.2) is 13.6 Å². The average molecular weight is 425 g/mol. The third-order valence-electron chi connectivity index (χ3n) is 4.89. The minimum atomic E-state index is -1.53. The first-order valence-corrected chi connectivity index (χ1v) is 10.3. The van der Waals surface area contributed by atoms with E-state index in [9.17, 15) is 13.6 Å². The normalized spacial score (nSPS) is 21.1. The highest BCUT2D eigenvalue weighted by Gasteiger charge is 2.36. The molecule has 0 unspecified atom stereocenters. The fourth-order valence-corrected chi connectivity index (χ4v) is 2.99. The molecule has 2 N–H and O–H groups in total. The van der Waals surface area contributed by atoms with Crippen molar-refractivity contribution in [2.75, 3.05) is 59.7 Å². The van der Waals surface area contributed by atoms with Crippen LogP contribution >= 0.6 is 0 Å². The van der Waals surface area contributed by atoms with Gasteiger partial charge in [-0.2, -0.15) is 0 Å². The molecule has 172 valence electrons. The first kappa shape index (κ1) is 26.0. The van der Waals surface area contributed by atoms with Crippen LogP contribution in [0.5, 0.6) is 0 Å². The topological polar surface area (TPSA) is 80.3 Å². The third kappa shape index (κ3) is 10.5. The molecule has 2 fully saturated rings. The molecule has 0 bridgehead atoms. The van der Waals surface area contributed by atoms with Crippen molar-refractivity contribution in [1.82, 2.24) is 10.2 Å². The van der Waals surface area contributed by atoms with Gasteiger partial charge in [-0.05, 0) is 46.7 Å². The summed E-state index contributed by atoms with van der Waals surface area (Å²) >= 11 is 0. The number of carbonyl (C=O) groups excluding carboxylic acids is 1. The number of nitrogens with zero attached hydrogens (tertiary/aromatic N) is 1. The van der Waals surface area contributed by atoms with Crippen LogP contribution in [0.1, 0.15) is 46.5 Å². The van der Waals surface area contributed by atoms with Crippen LogP contribution in [0, 0.1) is 0 Å². The van der Waals surface area contributed by atoms with Crippen LogP contribution < -0.4 is 5.32 Å². The van der Waals surface area contributed by atoms with Crippen molar-refractivity contribution in [1.29, 1.82) is 0 Å². The second-order valence-corrected chi connectivity index (χ2v) is 8.72. The van der Waals surface area contributed by atoms with E-state index in [1.165, 1.54) is 4.90 Å². The van der Waals surface area contributed by atoms with Gasteiger partial charge in [0.1, 0.15) is 16.9 Å². The molecule has 0 aromatic carbocycles. The summed E-state index contributed by atoms with van der Waals surface area (Å²) in [5.41, 5.74) is -3.17. The number of ether oxygens (including phenoxy) is 3. The molecule has 2 heterocycles. The lowest BCUT2D eigenvalue weighted by Gasteiger charge is -2.36. The lowest BCUT2D eigenvalue weighted by atomic mass is 9.95. The molecule has 0 aromatic rings. The van der Waals surface area contributed by atoms with E-state index < -0.39 is 29.6 Å². The summed E-state index contributed by atoms with van der Waals surface area (Å²) in [7, 11) is 1.61. The highest BCUT2D eigenvalue weighted by molar-refractivity contribution is 5.68. The van der Waals surface area contributed by atoms with Gasteiger partial charge < -0.3 is 29.5 Å². The Morgan fingerprint density at radius 2 is 1.66 bits per heavy atom. The van der Waals surface area contributed by atoms with Crippen molar-refractivity contribution in [3.05, 3.63) is 0 Å². The number of hydrogen-bond acceptors (Lipinski definition) is 6. The largest absolute Gasteiger partial charge is 0.444 e. The monoisotopic (exact) mass is 424 g/mol. The van der Waals surface area contributed by atoms with Gasteiger partial charge in [0.05, 0.1) is 26.4 Å². The van der Waals surface area contributed by atoms with Crippen molar-refractivity contribution in [3.63, 3.8) is 0 Å². The number of likely N-dealkylation sites (tertiary alicyclic amines) is 1. The van der Waals surface area contributed by atoms with Crippen LogP contribution in [0.2, 0.25) is 0 Å². The van der Waals surface area contributed by atoms with Crippen LogP contribution in [0.15, 0.2) is 0 Å². The Labute approximate surface area is 173 Å². The van der Waals surface area contributed by atoms with Gasteiger partial charge in [0.15, 0.2) is 0 Å². The Hall–Kier alpha value is -1.03. The van der Waals surface area contributed by atoms with Gasteiger partial charge in [-0.3, -0.25) is 0 Å². The predicted octanol–water partition coefficient (Wildman–Crippen LogP) is 2.46. The fraction of sp³-hybridized carbons (Fsp3) is 0.950. The highest BCUT2D eigenvalue weighted by Crippen LogP contribution is 2.26. The van der Waals surface area contributed by atoms with E-state index in [2.05, 4.69) is 5.32 Å². The molecule has 2 rings (SSSR count). The van der Waals surface area contributed by atoms with Crippen molar-refractivity contribution < 1.29 is 32.9 Å². The summed E-state index contributed by atoms with van der Waals surface area (Å²) in [6, 6.07) is 0. The molecule has 0 saturated carbocycles. The minimum absolute atomic E-state index is 0.169. The molecule has 7 nitrogen and oxygen atoms in total. The zero-order valence-electron chi connectivity index (χ0n) is 18.3. The molecular formula is C20H38F2N2O5. The van der Waals surface area contributed by atoms with E-state index in [4.69, 9.17) is 19.3 Å². The van der Waals surface area contributed by atoms with Gasteiger partial charge in [0, 0.05) is 33.0 Å². The summed E-state index contributed by atoms with van der Waals surface area (Å²) in [6.45, 7) is 8.23. The maximum absolute atomic E-state index is 13.8. The third-order valence-corrected chi connectivity index (χ3v) is 4.89. The van der Waals surface area contributed by atoms with E-state index in [0.717, 1.165) is 13.1 Å². The van der Waals surface area contributed by atoms with Crippen LogP contribution in [0.4, 0.5) is 13.6 Å². The number of aliphatic hydroxyl groups is 1. The second kappa shape index (κ2) is 12.0. The average Bonchev–Trinajstić information content (AvgIpc) is 2.66. The summed E-state index contributed by atoms with van der Waals surface area (Å²) in [4.78, 5) is 13.1. The van der Waals surface area contributed by atoms with E-state index in [0.29, 0.717) is 39.1 Å². The van der Waals surface area contributed by atoms with Gasteiger partial charge in [0.2, 0.25) is 0 Å². The Balaban J connectivity index is 0.000000296. The highest BCUT2D eigenvalue weighted by atomic mass is 19.1. The predicted molar refractivity (Wildman–Crippen MR) is 107 cm³/mol. The van der Waals surface area contributed by atoms with Crippen LogP contribution in [-0.2, 0) is 14.2 Å². The van der Waals surface area contributed by atoms with Crippen LogP contribution in [0.25, 0.3) is 0 Å². The van der Waals surface area contributed by atoms with Crippen molar-refractivity contribution in [3.8, 4) is 0 Å². The maximum atomic E-state index is 13.8. The van der Waals surface area contributed by atoms with Crippen molar-refractivity contribution in [2.24, 2.45) is 0 Å². The molecule has 2 saturated heterocycles. The Kier molecular flexibility index (Phi) is 10.7. The van der Waals surface area contributed by atoms with Gasteiger partial charge in [0.25, 0.3) is 0 Å². The van der Waals surface area contributed by atoms with Gasteiger partial charge in [-0.15, -0.1) is 0 Å². The van der Waals surface area contributed by atoms with E-state index in [1.807, 2.05) is 0 Å². The van der Waals surface area contributed by atoms with Gasteiger partial charge in [-0.1, -0.05) is 0 Å². The lowest BCUT2D eigenvalue weighted by Crippen LogP contribution is -2.47. The number of methoxy groups -OCH3 is 1. The number of carbonyl (C=O) groups is 1. The van der Waals surface area contributed by atoms with E-state index in [1.54, 1.807) is 27.9 Å². The molecule has 9 heteroatoms. The number of amides is 1. The molecule has 0 atom stereocenters. The van der Waals surface area contributed by atoms with E-state index in [-0.39, 0.29) is 19.4 Å². The molecule has 0 radical (unpaired) electrons. The zero-order chi connectivity index (χ0) is 22.0. The summed E-state index contributed by atoms with van der Waals surface area (Å²) in [5, 5.41) is 12.0. The number of hydrogen-bond donors (Lipinski definition) is 2. The summed E-state index contributed by atoms with van der Waals surface area (Å²) < 4.78 is 42.6. The molecule has 0 aliphatic carbocycles. The molecule has 2 aliphatic heterocycles. The van der Waals surface area contributed by atoms with Crippen molar-refractivity contribution >= 4 is 6.09 Å². The fourth-order valence-electron chi connectivity index (χ4n) is 2.99. The Morgan fingerprint density at radius 1 is 1.07 bits per heavy atom. The van der Waals surface area contributed by atoms with Gasteiger partial charge >= 0.3 is 6.09 Å². The number of alkyl halides is 2. The molecule has 0 aromatic heterocycles. The smallest absolute Gasteiger partial charge is 0.410 e. The molecular weight excluding hydrogens is 386 g/mol. The SMILES string of the molecule is CC(C)(C)OC(=O)N1CCC(F)(CO)CC1.COCCOCC1(F)CCNCC1. The van der Waals surface area contributed by atoms with Crippen LogP contribution in [0.3, 0.4) is 0 Å². The standard InChI is InChI=1S/C11H20FNO3.C9H18FNO2/c1-10(2,3)16-9(15)13-6-4-11(12,8-14)5-7-13;1-12-6-7-13-8-9(10)2-4-11-5-3-9/h14H,4-8H2,1-3H3;11H,2-8H2,1H3. The molecule has 2 aliphatic rings. The quantitative estimate of drug-likeness (QED) is 0.638. The first-order chi connectivity index (χ1) is 13.5. The van der Waals surface area contributed by atoms with Crippen LogP contribution in [-0.4, -0.2) is 92.8 Å². The number of halogens is 2. The lowest BCUT2D eigenvalue weighted by molar-refractivity contribution is -0.0189. The summed E-state index contributed by atoms with van der Waals surface area (Å²) in [6.07, 6.45) is 1.04. The minimum Gasteiger partial charge on any atom is -0.444 e. The maximum Gasteiger partial charge on any atom is 0.410 e. The van der Waals surface area contributed by atoms with Crippen molar-refractivity contribution in [2.45, 2.75) is 63.4 Å². The number of rotatable bonds is 6. The van der Waals surface area contributed by atoms with E-state index >= 15 is 0 Å². The second-order valence-electron chi connectivity index (χ2n) is 8.72. The Morgan fingerprint density at radius 3 is 2.14 bits per heavy atom. The number of aliphatic hydroxyl groups excluding tert-OH is 1. The summed E-state index contributed by atoms with van der Waals surface area (Å²) in [5.74, 6) is 0. The molecule has 0 spiro atoms. The molecule has 29 heavy (non-hydrogen) atoms. The number of piperidine rings is 2.